The van der Waals surface area contributed by atoms with Crippen molar-refractivity contribution >= 4 is 11.8 Å². The van der Waals surface area contributed by atoms with Crippen LogP contribution in [-0.2, 0) is 6.54 Å². The number of hydrogen-bond acceptors (Lipinski definition) is 4. The van der Waals surface area contributed by atoms with Crippen molar-refractivity contribution in [3.63, 3.8) is 0 Å². The Morgan fingerprint density at radius 2 is 1.89 bits per heavy atom. The van der Waals surface area contributed by atoms with Gasteiger partial charge in [-0.2, -0.15) is 0 Å². The van der Waals surface area contributed by atoms with Crippen molar-refractivity contribution in [1.82, 2.24) is 15.6 Å². The highest BCUT2D eigenvalue weighted by molar-refractivity contribution is 5.79. The molecule has 1 aliphatic rings. The minimum absolute atomic E-state index is 0.579. The van der Waals surface area contributed by atoms with Crippen molar-refractivity contribution in [2.45, 2.75) is 26.3 Å². The number of aryl methyl sites for hydroxylation is 1. The van der Waals surface area contributed by atoms with Crippen molar-refractivity contribution in [1.29, 1.82) is 0 Å². The van der Waals surface area contributed by atoms with Crippen molar-refractivity contribution in [2.75, 3.05) is 38.2 Å². The second-order valence-electron chi connectivity index (χ2n) is 6.73. The molecule has 144 valence electrons. The maximum atomic E-state index is 5.72. The molecule has 0 radical (unpaired) electrons. The molecule has 3 rings (SSSR count). The van der Waals surface area contributed by atoms with Crippen molar-refractivity contribution < 1.29 is 4.74 Å². The Balaban J connectivity index is 1.37. The second-order valence-corrected chi connectivity index (χ2v) is 6.73. The predicted octanol–water partition coefficient (Wildman–Crippen LogP) is 2.73. The fourth-order valence-corrected chi connectivity index (χ4v) is 3.03. The third kappa shape index (κ3) is 5.88. The first kappa shape index (κ1) is 19.0. The molecule has 1 aliphatic heterocycles. The van der Waals surface area contributed by atoms with Crippen LogP contribution >= 0.6 is 0 Å². The lowest BCUT2D eigenvalue weighted by molar-refractivity contribution is 0.322. The van der Waals surface area contributed by atoms with Crippen LogP contribution in [0.15, 0.2) is 47.6 Å². The normalized spacial score (nSPS) is 14.3. The fraction of sp³-hybridized carbons (Fsp3) is 0.429. The minimum atomic E-state index is 0.579. The third-order valence-corrected chi connectivity index (χ3v) is 4.61. The van der Waals surface area contributed by atoms with Gasteiger partial charge in [-0.25, -0.2) is 4.98 Å². The Hall–Kier alpha value is -2.76. The van der Waals surface area contributed by atoms with Crippen LogP contribution < -0.4 is 20.3 Å². The van der Waals surface area contributed by atoms with Crippen LogP contribution in [0.5, 0.6) is 5.75 Å². The summed E-state index contributed by atoms with van der Waals surface area (Å²) in [5, 5.41) is 6.57. The molecule has 6 heteroatoms. The smallest absolute Gasteiger partial charge is 0.191 e. The van der Waals surface area contributed by atoms with Gasteiger partial charge in [0.05, 0.1) is 6.54 Å². The van der Waals surface area contributed by atoms with Crippen LogP contribution in [0.3, 0.4) is 0 Å². The molecule has 2 heterocycles. The van der Waals surface area contributed by atoms with Crippen molar-refractivity contribution in [3.05, 3.63) is 53.7 Å². The van der Waals surface area contributed by atoms with Gasteiger partial charge in [0.1, 0.15) is 18.2 Å². The van der Waals surface area contributed by atoms with E-state index >= 15 is 0 Å². The summed E-state index contributed by atoms with van der Waals surface area (Å²) in [6, 6.07) is 12.3. The molecule has 0 bridgehead atoms. The number of hydrogen-bond donors (Lipinski definition) is 2. The molecule has 0 atom stereocenters. The second kappa shape index (κ2) is 9.80. The van der Waals surface area contributed by atoms with E-state index in [0.29, 0.717) is 19.7 Å². The molecule has 0 saturated carbocycles. The molecule has 27 heavy (non-hydrogen) atoms. The van der Waals surface area contributed by atoms with Crippen molar-refractivity contribution in [2.24, 2.45) is 4.99 Å². The lowest BCUT2D eigenvalue weighted by atomic mass is 10.2. The van der Waals surface area contributed by atoms with Gasteiger partial charge in [0.25, 0.3) is 0 Å². The van der Waals surface area contributed by atoms with E-state index in [1.54, 1.807) is 7.05 Å². The lowest BCUT2D eigenvalue weighted by Crippen LogP contribution is -2.38. The van der Waals surface area contributed by atoms with Crippen LogP contribution in [0.2, 0.25) is 0 Å². The number of ether oxygens (including phenoxy) is 1. The summed E-state index contributed by atoms with van der Waals surface area (Å²) in [7, 11) is 1.77. The summed E-state index contributed by atoms with van der Waals surface area (Å²) in [6.45, 7) is 6.25. The summed E-state index contributed by atoms with van der Waals surface area (Å²) in [5.74, 6) is 2.72. The van der Waals surface area contributed by atoms with Crippen LogP contribution in [-0.4, -0.2) is 44.2 Å². The first-order valence-corrected chi connectivity index (χ1v) is 9.58. The summed E-state index contributed by atoms with van der Waals surface area (Å²) in [4.78, 5) is 11.2. The Bertz CT molecular complexity index is 721. The average molecular weight is 367 g/mol. The molecule has 0 unspecified atom stereocenters. The maximum absolute atomic E-state index is 5.72. The van der Waals surface area contributed by atoms with E-state index in [2.05, 4.69) is 44.6 Å². The number of aliphatic imine (C=N–C) groups is 1. The number of guanidine groups is 1. The SMILES string of the molecule is CN=C(NCCOc1ccc(C)cc1)NCc1ccc(N2CCCC2)nc1. The zero-order valence-corrected chi connectivity index (χ0v) is 16.2. The summed E-state index contributed by atoms with van der Waals surface area (Å²) >= 11 is 0. The minimum Gasteiger partial charge on any atom is -0.492 e. The zero-order valence-electron chi connectivity index (χ0n) is 16.2. The van der Waals surface area contributed by atoms with Gasteiger partial charge >= 0.3 is 0 Å². The molecular formula is C21H29N5O. The Morgan fingerprint density at radius 3 is 2.56 bits per heavy atom. The molecule has 1 aromatic heterocycles. The van der Waals surface area contributed by atoms with Gasteiger partial charge in [0, 0.05) is 32.9 Å². The Morgan fingerprint density at radius 1 is 1.11 bits per heavy atom. The van der Waals surface area contributed by atoms with E-state index in [1.165, 1.54) is 18.4 Å². The summed E-state index contributed by atoms with van der Waals surface area (Å²) in [6.07, 6.45) is 4.47. The average Bonchev–Trinajstić information content (AvgIpc) is 3.24. The first-order chi connectivity index (χ1) is 13.2. The van der Waals surface area contributed by atoms with E-state index in [-0.39, 0.29) is 0 Å². The van der Waals surface area contributed by atoms with E-state index in [9.17, 15) is 0 Å². The van der Waals surface area contributed by atoms with E-state index in [1.807, 2.05) is 30.5 Å². The van der Waals surface area contributed by atoms with Gasteiger partial charge in [-0.05, 0) is 43.5 Å². The van der Waals surface area contributed by atoms with Crippen LogP contribution in [0, 0.1) is 6.92 Å². The van der Waals surface area contributed by atoms with Crippen LogP contribution in [0.25, 0.3) is 0 Å². The highest BCUT2D eigenvalue weighted by atomic mass is 16.5. The van der Waals surface area contributed by atoms with Crippen LogP contribution in [0.4, 0.5) is 5.82 Å². The monoisotopic (exact) mass is 367 g/mol. The summed E-state index contributed by atoms with van der Waals surface area (Å²) in [5.41, 5.74) is 2.37. The first-order valence-electron chi connectivity index (χ1n) is 9.58. The van der Waals surface area contributed by atoms with Gasteiger partial charge in [-0.1, -0.05) is 23.8 Å². The highest BCUT2D eigenvalue weighted by Gasteiger charge is 2.12. The van der Waals surface area contributed by atoms with Gasteiger partial charge in [-0.15, -0.1) is 0 Å². The number of aromatic nitrogens is 1. The number of anilines is 1. The maximum Gasteiger partial charge on any atom is 0.191 e. The molecule has 0 aliphatic carbocycles. The predicted molar refractivity (Wildman–Crippen MR) is 111 cm³/mol. The molecule has 2 aromatic rings. The molecule has 2 N–H and O–H groups in total. The van der Waals surface area contributed by atoms with Crippen molar-refractivity contribution in [3.8, 4) is 5.75 Å². The number of pyridine rings is 1. The zero-order chi connectivity index (χ0) is 18.9. The largest absolute Gasteiger partial charge is 0.492 e. The Labute approximate surface area is 161 Å². The number of rotatable bonds is 7. The molecule has 1 saturated heterocycles. The quantitative estimate of drug-likeness (QED) is 0.448. The molecule has 0 spiro atoms. The number of nitrogens with zero attached hydrogens (tertiary/aromatic N) is 3. The molecule has 1 fully saturated rings. The lowest BCUT2D eigenvalue weighted by Gasteiger charge is -2.16. The highest BCUT2D eigenvalue weighted by Crippen LogP contribution is 2.17. The molecule has 1 aromatic carbocycles. The van der Waals surface area contributed by atoms with Gasteiger partial charge < -0.3 is 20.3 Å². The molecule has 6 nitrogen and oxygen atoms in total. The summed E-state index contributed by atoms with van der Waals surface area (Å²) < 4.78 is 5.72. The topological polar surface area (TPSA) is 61.8 Å². The molecular weight excluding hydrogens is 338 g/mol. The Kier molecular flexibility index (Phi) is 6.90. The van der Waals surface area contributed by atoms with E-state index in [4.69, 9.17) is 4.74 Å². The van der Waals surface area contributed by atoms with Gasteiger partial charge in [0.15, 0.2) is 5.96 Å². The number of benzene rings is 1. The van der Waals surface area contributed by atoms with Gasteiger partial charge in [0.2, 0.25) is 0 Å². The van der Waals surface area contributed by atoms with Crippen LogP contribution in [0.1, 0.15) is 24.0 Å². The standard InChI is InChI=1S/C21H29N5O/c1-17-5-8-19(9-6-17)27-14-11-23-21(22-2)25-16-18-7-10-20(24-15-18)26-12-3-4-13-26/h5-10,15H,3-4,11-14,16H2,1-2H3,(H2,22,23,25). The van der Waals surface area contributed by atoms with E-state index in [0.717, 1.165) is 36.2 Å². The van der Waals surface area contributed by atoms with E-state index < -0.39 is 0 Å². The van der Waals surface area contributed by atoms with Gasteiger partial charge in [-0.3, -0.25) is 4.99 Å². The third-order valence-electron chi connectivity index (χ3n) is 4.61. The fourth-order valence-electron chi connectivity index (χ4n) is 3.03. The molecule has 0 amide bonds. The number of nitrogens with one attached hydrogen (secondary N) is 2.